The van der Waals surface area contributed by atoms with Gasteiger partial charge in [-0.25, -0.2) is 9.37 Å². The monoisotopic (exact) mass is 361 g/mol. The van der Waals surface area contributed by atoms with Crippen LogP contribution in [0.3, 0.4) is 0 Å². The Labute approximate surface area is 147 Å². The van der Waals surface area contributed by atoms with Gasteiger partial charge in [0.05, 0.1) is 23.5 Å². The number of rotatable bonds is 3. The highest BCUT2D eigenvalue weighted by Crippen LogP contribution is 2.31. The van der Waals surface area contributed by atoms with Crippen LogP contribution in [0.15, 0.2) is 29.0 Å². The summed E-state index contributed by atoms with van der Waals surface area (Å²) in [6.45, 7) is -0.442. The third kappa shape index (κ3) is 2.41. The van der Waals surface area contributed by atoms with E-state index in [0.29, 0.717) is 34.0 Å². The number of carbonyl (C=O) groups is 1. The van der Waals surface area contributed by atoms with E-state index in [2.05, 4.69) is 15.1 Å². The van der Waals surface area contributed by atoms with Crippen molar-refractivity contribution in [3.63, 3.8) is 0 Å². The van der Waals surface area contributed by atoms with Crippen molar-refractivity contribution < 1.29 is 13.7 Å². The largest absolute Gasteiger partial charge is 0.338 e. The molecule has 0 saturated carbocycles. The molecule has 2 aromatic heterocycles. The minimum absolute atomic E-state index is 0.101. The molecule has 3 aromatic rings. The lowest BCUT2D eigenvalue weighted by atomic mass is 10.1. The standard InChI is InChI=1S/C16H13ClFN5O2/c1-22-7-11-14(15-20-12(5-17)25-21-15)19-8-23(11)10-4-2-3-9(6-18)13(10)16(22)24/h2-4,8H,5-7H2,1H3. The predicted molar refractivity (Wildman–Crippen MR) is 87.0 cm³/mol. The van der Waals surface area contributed by atoms with Gasteiger partial charge in [-0.2, -0.15) is 4.98 Å². The molecule has 0 N–H and O–H groups in total. The van der Waals surface area contributed by atoms with E-state index in [4.69, 9.17) is 16.1 Å². The van der Waals surface area contributed by atoms with Crippen LogP contribution in [0.1, 0.15) is 27.5 Å². The van der Waals surface area contributed by atoms with Crippen molar-refractivity contribution in [3.8, 4) is 17.2 Å². The number of fused-ring (bicyclic) bond motifs is 3. The molecule has 0 unspecified atom stereocenters. The minimum atomic E-state index is -0.719. The second-order valence-electron chi connectivity index (χ2n) is 5.66. The van der Waals surface area contributed by atoms with E-state index in [1.54, 1.807) is 36.1 Å². The number of hydrogen-bond acceptors (Lipinski definition) is 5. The fourth-order valence-corrected chi connectivity index (χ4v) is 3.07. The maximum absolute atomic E-state index is 13.4. The molecule has 0 aliphatic carbocycles. The minimum Gasteiger partial charge on any atom is -0.338 e. The van der Waals surface area contributed by atoms with E-state index in [9.17, 15) is 9.18 Å². The summed E-state index contributed by atoms with van der Waals surface area (Å²) in [6.07, 6.45) is 1.58. The van der Waals surface area contributed by atoms with Crippen LogP contribution in [-0.2, 0) is 19.1 Å². The fourth-order valence-electron chi connectivity index (χ4n) is 2.96. The van der Waals surface area contributed by atoms with Crippen molar-refractivity contribution in [3.05, 3.63) is 47.2 Å². The van der Waals surface area contributed by atoms with Gasteiger partial charge in [0.2, 0.25) is 11.7 Å². The number of alkyl halides is 2. The maximum Gasteiger partial charge on any atom is 0.256 e. The Kier molecular flexibility index (Phi) is 3.76. The molecule has 1 aliphatic rings. The number of benzene rings is 1. The zero-order valence-corrected chi connectivity index (χ0v) is 14.0. The highest BCUT2D eigenvalue weighted by molar-refractivity contribution is 6.16. The summed E-state index contributed by atoms with van der Waals surface area (Å²) in [6, 6.07) is 5.09. The van der Waals surface area contributed by atoms with Crippen molar-refractivity contribution >= 4 is 17.5 Å². The van der Waals surface area contributed by atoms with Crippen LogP contribution in [0.4, 0.5) is 4.39 Å². The Hall–Kier alpha value is -2.74. The van der Waals surface area contributed by atoms with Gasteiger partial charge in [-0.3, -0.25) is 9.36 Å². The summed E-state index contributed by atoms with van der Waals surface area (Å²) in [5.74, 6) is 0.448. The molecule has 0 radical (unpaired) electrons. The molecule has 1 amide bonds. The Morgan fingerprint density at radius 2 is 2.24 bits per heavy atom. The fraction of sp³-hybridized carbons (Fsp3) is 0.250. The van der Waals surface area contributed by atoms with Gasteiger partial charge in [-0.05, 0) is 11.6 Å². The summed E-state index contributed by atoms with van der Waals surface area (Å²) < 4.78 is 20.2. The lowest BCUT2D eigenvalue weighted by Gasteiger charge is -2.15. The number of hydrogen-bond donors (Lipinski definition) is 0. The zero-order chi connectivity index (χ0) is 17.6. The number of carbonyl (C=O) groups excluding carboxylic acids is 1. The molecule has 25 heavy (non-hydrogen) atoms. The highest BCUT2D eigenvalue weighted by atomic mass is 35.5. The summed E-state index contributed by atoms with van der Waals surface area (Å²) in [7, 11) is 1.66. The van der Waals surface area contributed by atoms with Gasteiger partial charge in [0, 0.05) is 7.05 Å². The van der Waals surface area contributed by atoms with Crippen molar-refractivity contribution in [2.24, 2.45) is 0 Å². The molecule has 1 aromatic carbocycles. The number of amides is 1. The van der Waals surface area contributed by atoms with E-state index in [-0.39, 0.29) is 24.2 Å². The Morgan fingerprint density at radius 1 is 1.40 bits per heavy atom. The molecule has 0 atom stereocenters. The van der Waals surface area contributed by atoms with Crippen LogP contribution < -0.4 is 0 Å². The molecule has 128 valence electrons. The van der Waals surface area contributed by atoms with Crippen molar-refractivity contribution in [1.82, 2.24) is 24.6 Å². The van der Waals surface area contributed by atoms with Gasteiger partial charge < -0.3 is 9.42 Å². The molecule has 7 nitrogen and oxygen atoms in total. The normalized spacial score (nSPS) is 13.6. The number of imidazole rings is 1. The second kappa shape index (κ2) is 5.96. The van der Waals surface area contributed by atoms with Gasteiger partial charge in [0.15, 0.2) is 0 Å². The number of aromatic nitrogens is 4. The van der Waals surface area contributed by atoms with E-state index in [1.165, 1.54) is 4.90 Å². The lowest BCUT2D eigenvalue weighted by Crippen LogP contribution is -2.26. The van der Waals surface area contributed by atoms with Gasteiger partial charge in [0.1, 0.15) is 24.6 Å². The van der Waals surface area contributed by atoms with Crippen LogP contribution in [0.5, 0.6) is 0 Å². The van der Waals surface area contributed by atoms with E-state index >= 15 is 0 Å². The third-order valence-corrected chi connectivity index (χ3v) is 4.37. The Balaban J connectivity index is 1.94. The van der Waals surface area contributed by atoms with Crippen LogP contribution in [0.25, 0.3) is 17.2 Å². The van der Waals surface area contributed by atoms with Crippen LogP contribution >= 0.6 is 11.6 Å². The maximum atomic E-state index is 13.4. The number of halogens is 2. The first-order valence-electron chi connectivity index (χ1n) is 7.53. The highest BCUT2D eigenvalue weighted by Gasteiger charge is 2.29. The van der Waals surface area contributed by atoms with Gasteiger partial charge in [-0.15, -0.1) is 11.6 Å². The van der Waals surface area contributed by atoms with Crippen molar-refractivity contribution in [2.45, 2.75) is 19.1 Å². The SMILES string of the molecule is CN1Cc2c(-c3noc(CCl)n3)ncn2-c2cccc(CF)c2C1=O. The molecule has 0 spiro atoms. The molecule has 3 heterocycles. The average Bonchev–Trinajstić information content (AvgIpc) is 3.24. The summed E-state index contributed by atoms with van der Waals surface area (Å²) in [4.78, 5) is 22.8. The molecular weight excluding hydrogens is 349 g/mol. The van der Waals surface area contributed by atoms with Crippen LogP contribution in [-0.4, -0.2) is 37.5 Å². The Morgan fingerprint density at radius 3 is 2.96 bits per heavy atom. The second-order valence-corrected chi connectivity index (χ2v) is 5.93. The quantitative estimate of drug-likeness (QED) is 0.670. The lowest BCUT2D eigenvalue weighted by molar-refractivity contribution is 0.0786. The van der Waals surface area contributed by atoms with Crippen molar-refractivity contribution in [2.75, 3.05) is 7.05 Å². The topological polar surface area (TPSA) is 77.1 Å². The first kappa shape index (κ1) is 15.8. The van der Waals surface area contributed by atoms with Gasteiger partial charge in [-0.1, -0.05) is 17.3 Å². The van der Waals surface area contributed by atoms with Crippen LogP contribution in [0.2, 0.25) is 0 Å². The first-order valence-corrected chi connectivity index (χ1v) is 8.06. The van der Waals surface area contributed by atoms with E-state index < -0.39 is 6.67 Å². The summed E-state index contributed by atoms with van der Waals surface area (Å²) in [5, 5.41) is 3.89. The van der Waals surface area contributed by atoms with Crippen molar-refractivity contribution in [1.29, 1.82) is 0 Å². The predicted octanol–water partition coefficient (Wildman–Crippen LogP) is 2.72. The van der Waals surface area contributed by atoms with E-state index in [0.717, 1.165) is 0 Å². The molecule has 0 saturated heterocycles. The molecular formula is C16H13ClFN5O2. The zero-order valence-electron chi connectivity index (χ0n) is 13.2. The average molecular weight is 362 g/mol. The van der Waals surface area contributed by atoms with E-state index in [1.807, 2.05) is 0 Å². The van der Waals surface area contributed by atoms with Gasteiger partial charge >= 0.3 is 0 Å². The molecule has 1 aliphatic heterocycles. The molecule has 0 bridgehead atoms. The van der Waals surface area contributed by atoms with Crippen LogP contribution in [0, 0.1) is 0 Å². The summed E-state index contributed by atoms with van der Waals surface area (Å²) >= 11 is 5.70. The molecule has 4 rings (SSSR count). The smallest absolute Gasteiger partial charge is 0.256 e. The summed E-state index contributed by atoms with van der Waals surface area (Å²) in [5.41, 5.74) is 2.48. The first-order chi connectivity index (χ1) is 12.1. The Bertz CT molecular complexity index is 967. The van der Waals surface area contributed by atoms with Gasteiger partial charge in [0.25, 0.3) is 5.91 Å². The number of nitrogens with zero attached hydrogens (tertiary/aromatic N) is 5. The molecule has 0 fully saturated rings. The third-order valence-electron chi connectivity index (χ3n) is 4.14. The molecule has 9 heteroatoms.